The monoisotopic (exact) mass is 507 g/mol. The largest absolute Gasteiger partial charge is 0.324 e. The molecule has 2 aromatic carbocycles. The Bertz CT molecular complexity index is 1130. The Morgan fingerprint density at radius 3 is 2.62 bits per heavy atom. The summed E-state index contributed by atoms with van der Waals surface area (Å²) in [6.07, 6.45) is 2.31. The number of nitro groups is 1. The molecule has 0 aromatic heterocycles. The van der Waals surface area contributed by atoms with Crippen molar-refractivity contribution in [1.29, 1.82) is 0 Å². The molecule has 1 aliphatic heterocycles. The van der Waals surface area contributed by atoms with E-state index in [1.165, 1.54) is 18.2 Å². The second-order valence-electron chi connectivity index (χ2n) is 9.07. The molecule has 0 spiro atoms. The molecule has 2 aromatic rings. The summed E-state index contributed by atoms with van der Waals surface area (Å²) in [5, 5.41) is 15.4. The highest BCUT2D eigenvalue weighted by molar-refractivity contribution is 6.31. The number of nitrogens with one attached hydrogen (secondary N) is 1. The van der Waals surface area contributed by atoms with Gasteiger partial charge in [0.2, 0.25) is 11.9 Å². The Kier molecular flexibility index (Phi) is 6.94. The molecule has 0 radical (unpaired) electrons. The fraction of sp³-hybridized carbons (Fsp3) is 0.417. The molecule has 7 nitrogen and oxygen atoms in total. The van der Waals surface area contributed by atoms with Crippen molar-refractivity contribution in [3.63, 3.8) is 0 Å². The number of amides is 1. The van der Waals surface area contributed by atoms with Gasteiger partial charge in [0.25, 0.3) is 0 Å². The molecule has 1 saturated heterocycles. The van der Waals surface area contributed by atoms with Gasteiger partial charge in [0.05, 0.1) is 17.0 Å². The summed E-state index contributed by atoms with van der Waals surface area (Å²) < 4.78 is 15.3. The van der Waals surface area contributed by atoms with E-state index in [1.54, 1.807) is 36.1 Å². The second-order valence-corrected chi connectivity index (χ2v) is 9.92. The number of halogens is 3. The molecule has 10 heteroatoms. The van der Waals surface area contributed by atoms with Crippen LogP contribution in [0.25, 0.3) is 0 Å². The fourth-order valence-corrected chi connectivity index (χ4v) is 5.51. The van der Waals surface area contributed by atoms with E-state index in [-0.39, 0.29) is 22.9 Å². The van der Waals surface area contributed by atoms with Crippen LogP contribution in [-0.2, 0) is 9.59 Å². The number of hydrogen-bond acceptors (Lipinski definition) is 5. The summed E-state index contributed by atoms with van der Waals surface area (Å²) in [7, 11) is 0. The lowest BCUT2D eigenvalue weighted by molar-refractivity contribution is -0.528. The van der Waals surface area contributed by atoms with Gasteiger partial charge in [-0.2, -0.15) is 0 Å². The number of likely N-dealkylation sites (tertiary alicyclic amines) is 1. The number of hydrogen-bond donors (Lipinski definition) is 1. The third kappa shape index (κ3) is 4.42. The number of carbonyl (C=O) groups is 2. The molecule has 0 bridgehead atoms. The fourth-order valence-electron chi connectivity index (χ4n) is 5.14. The lowest BCUT2D eigenvalue weighted by atomic mass is 9.77. The first-order chi connectivity index (χ1) is 16.2. The van der Waals surface area contributed by atoms with Crippen molar-refractivity contribution >= 4 is 41.1 Å². The normalized spacial score (nSPS) is 26.9. The van der Waals surface area contributed by atoms with E-state index < -0.39 is 40.2 Å². The van der Waals surface area contributed by atoms with Crippen LogP contribution < -0.4 is 5.32 Å². The Balaban J connectivity index is 1.88. The molecule has 34 heavy (non-hydrogen) atoms. The molecule has 4 atom stereocenters. The number of rotatable bonds is 8. The Morgan fingerprint density at radius 2 is 2.00 bits per heavy atom. The van der Waals surface area contributed by atoms with E-state index in [4.69, 9.17) is 23.2 Å². The van der Waals surface area contributed by atoms with Gasteiger partial charge >= 0.3 is 0 Å². The zero-order chi connectivity index (χ0) is 24.6. The maximum Gasteiger partial charge on any atom is 0.245 e. The van der Waals surface area contributed by atoms with E-state index >= 15 is 4.39 Å². The third-order valence-corrected chi connectivity index (χ3v) is 7.46. The lowest BCUT2D eigenvalue weighted by Gasteiger charge is -2.39. The van der Waals surface area contributed by atoms with E-state index in [2.05, 4.69) is 5.32 Å². The predicted molar refractivity (Wildman–Crippen MR) is 127 cm³/mol. The smallest absolute Gasteiger partial charge is 0.245 e. The van der Waals surface area contributed by atoms with Crippen LogP contribution in [0.3, 0.4) is 0 Å². The molecule has 0 unspecified atom stereocenters. The molecule has 1 amide bonds. The van der Waals surface area contributed by atoms with Gasteiger partial charge in [-0.3, -0.25) is 19.8 Å². The van der Waals surface area contributed by atoms with E-state index in [0.717, 1.165) is 12.8 Å². The topological polar surface area (TPSA) is 92.5 Å². The van der Waals surface area contributed by atoms with Gasteiger partial charge in [-0.15, -0.1) is 0 Å². The SMILES string of the molecule is C[C@]1(C(=O)Nc2cccc(Cl)c2)[C@@H](c2cccc(Cl)c2F)[C@H]([N+](=O)[O-])[C@H](CC=O)N1CC1CC1. The van der Waals surface area contributed by atoms with Crippen molar-refractivity contribution in [1.82, 2.24) is 4.90 Å². The van der Waals surface area contributed by atoms with E-state index in [9.17, 15) is 19.7 Å². The Morgan fingerprint density at radius 1 is 1.29 bits per heavy atom. The van der Waals surface area contributed by atoms with Crippen molar-refractivity contribution in [3.05, 3.63) is 74.0 Å². The number of benzene rings is 2. The van der Waals surface area contributed by atoms with Crippen molar-refractivity contribution in [2.24, 2.45) is 5.92 Å². The zero-order valence-electron chi connectivity index (χ0n) is 18.4. The first-order valence-corrected chi connectivity index (χ1v) is 11.8. The van der Waals surface area contributed by atoms with Crippen LogP contribution in [0.15, 0.2) is 42.5 Å². The lowest BCUT2D eigenvalue weighted by Crippen LogP contribution is -2.56. The van der Waals surface area contributed by atoms with Crippen molar-refractivity contribution in [2.75, 3.05) is 11.9 Å². The minimum Gasteiger partial charge on any atom is -0.324 e. The predicted octanol–water partition coefficient (Wildman–Crippen LogP) is 4.94. The molecule has 2 aliphatic rings. The highest BCUT2D eigenvalue weighted by Gasteiger charge is 2.66. The zero-order valence-corrected chi connectivity index (χ0v) is 19.9. The van der Waals surface area contributed by atoms with Gasteiger partial charge in [-0.05, 0) is 49.9 Å². The van der Waals surface area contributed by atoms with E-state index in [1.807, 2.05) is 0 Å². The molecule has 1 heterocycles. The van der Waals surface area contributed by atoms with Gasteiger partial charge in [0.15, 0.2) is 0 Å². The summed E-state index contributed by atoms with van der Waals surface area (Å²) in [5.41, 5.74) is -1.15. The number of carbonyl (C=O) groups excluding carboxylic acids is 2. The van der Waals surface area contributed by atoms with Crippen molar-refractivity contribution < 1.29 is 18.9 Å². The molecule has 180 valence electrons. The molecule has 1 saturated carbocycles. The summed E-state index contributed by atoms with van der Waals surface area (Å²) in [4.78, 5) is 39.1. The average Bonchev–Trinajstić information content (AvgIpc) is 3.56. The van der Waals surface area contributed by atoms with Crippen molar-refractivity contribution in [3.8, 4) is 0 Å². The summed E-state index contributed by atoms with van der Waals surface area (Å²) in [5.74, 6) is -2.28. The number of anilines is 1. The first kappa shape index (κ1) is 24.6. The van der Waals surface area contributed by atoms with Crippen LogP contribution in [0.4, 0.5) is 10.1 Å². The highest BCUT2D eigenvalue weighted by atomic mass is 35.5. The highest BCUT2D eigenvalue weighted by Crippen LogP contribution is 2.51. The minimum atomic E-state index is -1.54. The summed E-state index contributed by atoms with van der Waals surface area (Å²) in [6, 6.07) is 8.53. The van der Waals surface area contributed by atoms with Crippen LogP contribution in [-0.4, -0.2) is 46.2 Å². The number of aldehydes is 1. The molecular weight excluding hydrogens is 484 g/mol. The molecule has 1 N–H and O–H groups in total. The maximum atomic E-state index is 15.3. The maximum absolute atomic E-state index is 15.3. The van der Waals surface area contributed by atoms with Gasteiger partial charge in [0, 0.05) is 34.2 Å². The number of nitrogens with zero attached hydrogens (tertiary/aromatic N) is 2. The quantitative estimate of drug-likeness (QED) is 0.310. The van der Waals surface area contributed by atoms with Crippen LogP contribution in [0.1, 0.15) is 37.7 Å². The molecule has 2 fully saturated rings. The van der Waals surface area contributed by atoms with Crippen LogP contribution in [0.2, 0.25) is 10.0 Å². The second kappa shape index (κ2) is 9.60. The standard InChI is InChI=1S/C24H24Cl2FN3O4/c1-24(23(32)28-16-5-2-4-15(25)12-16)20(17-6-3-7-18(26)21(17)27)22(30(33)34)19(10-11-31)29(24)13-14-8-9-14/h2-7,11-12,14,19-20,22H,8-10,13H2,1H3,(H,28,32)/t19-,20-,22+,24+/m0/s1. The molecule has 4 rings (SSSR count). The Hall–Kier alpha value is -2.55. The van der Waals surface area contributed by atoms with Gasteiger partial charge < -0.3 is 10.1 Å². The van der Waals surface area contributed by atoms with Gasteiger partial charge in [-0.1, -0.05) is 41.4 Å². The summed E-state index contributed by atoms with van der Waals surface area (Å²) >= 11 is 12.1. The third-order valence-electron chi connectivity index (χ3n) is 6.93. The van der Waals surface area contributed by atoms with E-state index in [0.29, 0.717) is 23.5 Å². The minimum absolute atomic E-state index is 0.0212. The molecular formula is C24H24Cl2FN3O4. The van der Waals surface area contributed by atoms with Gasteiger partial charge in [-0.25, -0.2) is 4.39 Å². The van der Waals surface area contributed by atoms with Crippen molar-refractivity contribution in [2.45, 2.75) is 49.7 Å². The summed E-state index contributed by atoms with van der Waals surface area (Å²) in [6.45, 7) is 1.97. The van der Waals surface area contributed by atoms with Crippen LogP contribution in [0, 0.1) is 21.8 Å². The van der Waals surface area contributed by atoms with Gasteiger partial charge in [0.1, 0.15) is 17.6 Å². The first-order valence-electron chi connectivity index (χ1n) is 11.0. The van der Waals surface area contributed by atoms with Crippen LogP contribution in [0.5, 0.6) is 0 Å². The van der Waals surface area contributed by atoms with Crippen LogP contribution >= 0.6 is 23.2 Å². The molecule has 1 aliphatic carbocycles. The average molecular weight is 508 g/mol. The Labute approximate surface area is 206 Å².